The Bertz CT molecular complexity index is 1170. The van der Waals surface area contributed by atoms with Crippen molar-refractivity contribution in [2.45, 2.75) is 31.7 Å². The fourth-order valence-electron chi connectivity index (χ4n) is 4.27. The highest BCUT2D eigenvalue weighted by atomic mass is 32.1. The summed E-state index contributed by atoms with van der Waals surface area (Å²) in [6.45, 7) is 7.53. The average Bonchev–Trinajstić information content (AvgIpc) is 3.52. The number of rotatable bonds is 10. The van der Waals surface area contributed by atoms with Crippen molar-refractivity contribution in [3.8, 4) is 5.75 Å². The lowest BCUT2D eigenvalue weighted by molar-refractivity contribution is -0.126. The minimum Gasteiger partial charge on any atom is -0.497 e. The van der Waals surface area contributed by atoms with Crippen molar-refractivity contribution in [2.24, 2.45) is 10.2 Å². The van der Waals surface area contributed by atoms with Crippen molar-refractivity contribution < 1.29 is 18.7 Å². The van der Waals surface area contributed by atoms with Crippen LogP contribution < -0.4 is 20.3 Å². The van der Waals surface area contributed by atoms with Gasteiger partial charge in [0.25, 0.3) is 5.91 Å². The molecule has 2 aliphatic rings. The molecule has 0 radical (unpaired) electrons. The second-order valence-electron chi connectivity index (χ2n) is 8.66. The minimum atomic E-state index is -0.914. The number of carbonyl (C=O) groups is 1. The van der Waals surface area contributed by atoms with Gasteiger partial charge in [-0.15, -0.1) is 15.3 Å². The Morgan fingerprint density at radius 2 is 2.05 bits per heavy atom. The smallest absolute Gasteiger partial charge is 0.259 e. The maximum absolute atomic E-state index is 13.4. The summed E-state index contributed by atoms with van der Waals surface area (Å²) >= 11 is 1.24. The van der Waals surface area contributed by atoms with Crippen molar-refractivity contribution >= 4 is 45.7 Å². The van der Waals surface area contributed by atoms with Crippen molar-refractivity contribution in [3.05, 3.63) is 35.9 Å². The number of hydrogen-bond donors (Lipinski definition) is 2. The first-order valence-electron chi connectivity index (χ1n) is 11.9. The molecule has 0 unspecified atom stereocenters. The maximum atomic E-state index is 13.4. The van der Waals surface area contributed by atoms with E-state index in [9.17, 15) is 9.18 Å². The van der Waals surface area contributed by atoms with Crippen LogP contribution in [0.4, 0.5) is 20.3 Å². The van der Waals surface area contributed by atoms with E-state index in [0.29, 0.717) is 34.7 Å². The Morgan fingerprint density at radius 3 is 2.73 bits per heavy atom. The van der Waals surface area contributed by atoms with Gasteiger partial charge in [0, 0.05) is 44.7 Å². The summed E-state index contributed by atoms with van der Waals surface area (Å²) in [4.78, 5) is 17.1. The highest BCUT2D eigenvalue weighted by molar-refractivity contribution is 7.19. The molecule has 13 heteroatoms. The summed E-state index contributed by atoms with van der Waals surface area (Å²) in [5, 5.41) is 23.1. The van der Waals surface area contributed by atoms with Crippen LogP contribution in [-0.2, 0) is 9.53 Å². The molecule has 37 heavy (non-hydrogen) atoms. The SMILES string of the molecule is C=N/N=C(\C=C/C)N1CC[C@@H](Nc2nnc(NC(=O)[C@H](OC)c3cc(OC)cc(N4CC(F)C4)c3)s2)C1. The number of amidine groups is 1. The first-order chi connectivity index (χ1) is 17.9. The van der Waals surface area contributed by atoms with E-state index in [1.807, 2.05) is 36.1 Å². The van der Waals surface area contributed by atoms with Crippen LogP contribution in [0.25, 0.3) is 0 Å². The second kappa shape index (κ2) is 12.1. The van der Waals surface area contributed by atoms with Gasteiger partial charge < -0.3 is 24.6 Å². The number of hydrogen-bond acceptors (Lipinski definition) is 10. The van der Waals surface area contributed by atoms with Crippen molar-refractivity contribution in [3.63, 3.8) is 0 Å². The molecule has 2 fully saturated rings. The summed E-state index contributed by atoms with van der Waals surface area (Å²) < 4.78 is 24.3. The molecule has 2 N–H and O–H groups in total. The Morgan fingerprint density at radius 1 is 1.27 bits per heavy atom. The summed E-state index contributed by atoms with van der Waals surface area (Å²) in [7, 11) is 3.00. The van der Waals surface area contributed by atoms with Crippen LogP contribution in [0.5, 0.6) is 5.75 Å². The summed E-state index contributed by atoms with van der Waals surface area (Å²) in [6.07, 6.45) is 2.93. The molecule has 0 bridgehead atoms. The van der Waals surface area contributed by atoms with Crippen LogP contribution >= 0.6 is 11.3 Å². The molecule has 0 aliphatic carbocycles. The monoisotopic (exact) mass is 530 g/mol. The number of amides is 1. The number of allylic oxidation sites excluding steroid dienone is 1. The highest BCUT2D eigenvalue weighted by Gasteiger charge is 2.29. The second-order valence-corrected chi connectivity index (χ2v) is 9.64. The number of methoxy groups -OCH3 is 2. The minimum absolute atomic E-state index is 0.143. The first kappa shape index (κ1) is 26.5. The van der Waals surface area contributed by atoms with Crippen LogP contribution in [0.3, 0.4) is 0 Å². The zero-order valence-corrected chi connectivity index (χ0v) is 21.9. The third kappa shape index (κ3) is 6.41. The molecule has 1 amide bonds. The standard InChI is InChI=1S/C24H31FN8O3S/c1-5-6-20(29-26-2)32-8-7-17(14-32)27-23-30-31-24(37-23)28-22(34)21(36-4)15-9-18(11-19(10-15)35-3)33-12-16(25)13-33/h5-6,9-11,16-17,21H,2,7-8,12-14H2,1,3-4H3,(H,27,30)(H,28,31,34)/b6-5-,29-20+/t17-,21-/m1/s1. The molecule has 198 valence electrons. The highest BCUT2D eigenvalue weighted by Crippen LogP contribution is 2.32. The number of ether oxygens (including phenoxy) is 2. The summed E-state index contributed by atoms with van der Waals surface area (Å²) in [5.74, 6) is 0.925. The largest absolute Gasteiger partial charge is 0.497 e. The summed E-state index contributed by atoms with van der Waals surface area (Å²) in [6, 6.07) is 5.50. The Balaban J connectivity index is 1.39. The van der Waals surface area contributed by atoms with Gasteiger partial charge >= 0.3 is 0 Å². The van der Waals surface area contributed by atoms with Crippen LogP contribution in [0.1, 0.15) is 25.0 Å². The molecule has 1 aromatic carbocycles. The van der Waals surface area contributed by atoms with Crippen molar-refractivity contribution in [1.29, 1.82) is 0 Å². The van der Waals surface area contributed by atoms with E-state index in [4.69, 9.17) is 9.47 Å². The number of nitrogens with one attached hydrogen (secondary N) is 2. The lowest BCUT2D eigenvalue weighted by Gasteiger charge is -2.37. The molecule has 4 rings (SSSR count). The van der Waals surface area contributed by atoms with Gasteiger partial charge in [-0.05, 0) is 37.1 Å². The number of carbonyl (C=O) groups excluding carboxylic acids is 1. The van der Waals surface area contributed by atoms with Gasteiger partial charge in [0.2, 0.25) is 10.3 Å². The van der Waals surface area contributed by atoms with E-state index in [1.54, 1.807) is 13.2 Å². The third-order valence-electron chi connectivity index (χ3n) is 6.11. The number of likely N-dealkylation sites (tertiary alicyclic amines) is 1. The van der Waals surface area contributed by atoms with Gasteiger partial charge in [-0.2, -0.15) is 5.10 Å². The zero-order valence-electron chi connectivity index (χ0n) is 21.1. The third-order valence-corrected chi connectivity index (χ3v) is 6.88. The number of halogens is 1. The predicted octanol–water partition coefficient (Wildman–Crippen LogP) is 3.11. The molecular weight excluding hydrogens is 499 g/mol. The van der Waals surface area contributed by atoms with Crippen molar-refractivity contribution in [1.82, 2.24) is 15.1 Å². The fourth-order valence-corrected chi connectivity index (χ4v) is 5.00. The van der Waals surface area contributed by atoms with E-state index in [1.165, 1.54) is 18.4 Å². The van der Waals surface area contributed by atoms with Crippen LogP contribution in [-0.4, -0.2) is 86.2 Å². The molecular formula is C24H31FN8O3S. The maximum Gasteiger partial charge on any atom is 0.259 e. The van der Waals surface area contributed by atoms with Crippen LogP contribution in [0.2, 0.25) is 0 Å². The van der Waals surface area contributed by atoms with Gasteiger partial charge in [-0.25, -0.2) is 4.39 Å². The van der Waals surface area contributed by atoms with Gasteiger partial charge in [-0.3, -0.25) is 10.1 Å². The normalized spacial score (nSPS) is 19.1. The number of alkyl halides is 1. The van der Waals surface area contributed by atoms with Crippen LogP contribution in [0.15, 0.2) is 40.6 Å². The first-order valence-corrected chi connectivity index (χ1v) is 12.7. The number of anilines is 3. The number of benzene rings is 1. The predicted molar refractivity (Wildman–Crippen MR) is 144 cm³/mol. The molecule has 2 aliphatic heterocycles. The van der Waals surface area contributed by atoms with Crippen LogP contribution in [0, 0.1) is 0 Å². The zero-order chi connectivity index (χ0) is 26.4. The number of aromatic nitrogens is 2. The van der Waals surface area contributed by atoms with E-state index in [-0.39, 0.29) is 6.04 Å². The lowest BCUT2D eigenvalue weighted by atomic mass is 10.0. The van der Waals surface area contributed by atoms with E-state index < -0.39 is 18.2 Å². The molecule has 2 aromatic rings. The fraction of sp³-hybridized carbons (Fsp3) is 0.458. The van der Waals surface area contributed by atoms with E-state index in [0.717, 1.165) is 31.0 Å². The molecule has 0 spiro atoms. The topological polar surface area (TPSA) is 117 Å². The Labute approximate surface area is 219 Å². The van der Waals surface area contributed by atoms with E-state index >= 15 is 0 Å². The average molecular weight is 531 g/mol. The lowest BCUT2D eigenvalue weighted by Crippen LogP contribution is -2.48. The Kier molecular flexibility index (Phi) is 8.66. The quantitative estimate of drug-likeness (QED) is 0.274. The van der Waals surface area contributed by atoms with Gasteiger partial charge in [0.05, 0.1) is 20.2 Å². The van der Waals surface area contributed by atoms with Gasteiger partial charge in [0.15, 0.2) is 11.9 Å². The van der Waals surface area contributed by atoms with Gasteiger partial charge in [-0.1, -0.05) is 17.4 Å². The van der Waals surface area contributed by atoms with E-state index in [2.05, 4.69) is 42.7 Å². The molecule has 2 saturated heterocycles. The molecule has 2 atom stereocenters. The number of nitrogens with zero attached hydrogens (tertiary/aromatic N) is 6. The molecule has 0 saturated carbocycles. The molecule has 11 nitrogen and oxygen atoms in total. The van der Waals surface area contributed by atoms with Crippen molar-refractivity contribution in [2.75, 3.05) is 55.9 Å². The molecule has 1 aromatic heterocycles. The van der Waals surface area contributed by atoms with Gasteiger partial charge in [0.1, 0.15) is 11.9 Å². The Hall–Kier alpha value is -3.58. The molecule has 3 heterocycles. The summed E-state index contributed by atoms with van der Waals surface area (Å²) in [5.41, 5.74) is 1.37.